The normalized spacial score (nSPS) is 16.3. The second kappa shape index (κ2) is 9.70. The molecule has 1 aromatic heterocycles. The highest BCUT2D eigenvalue weighted by Gasteiger charge is 2.31. The van der Waals surface area contributed by atoms with E-state index < -0.39 is 23.5 Å². The molecule has 1 fully saturated rings. The summed E-state index contributed by atoms with van der Waals surface area (Å²) in [5.74, 6) is -0.941. The molecule has 184 valence electrons. The maximum absolute atomic E-state index is 12.5. The molecule has 8 nitrogen and oxygen atoms in total. The number of alkyl halides is 3. The summed E-state index contributed by atoms with van der Waals surface area (Å²) in [7, 11) is 0. The zero-order valence-corrected chi connectivity index (χ0v) is 19.4. The molecule has 35 heavy (non-hydrogen) atoms. The van der Waals surface area contributed by atoms with Crippen LogP contribution in [-0.4, -0.2) is 33.0 Å². The molecule has 2 aromatic carbocycles. The quantitative estimate of drug-likeness (QED) is 0.279. The summed E-state index contributed by atoms with van der Waals surface area (Å²) in [6.45, 7) is 0.113. The molecule has 1 saturated heterocycles. The van der Waals surface area contributed by atoms with Crippen LogP contribution in [0.2, 0.25) is 5.02 Å². The van der Waals surface area contributed by atoms with Gasteiger partial charge >= 0.3 is 11.5 Å². The second-order valence-corrected chi connectivity index (χ2v) is 9.26. The lowest BCUT2D eigenvalue weighted by Gasteiger charge is -2.22. The molecule has 0 bridgehead atoms. The Morgan fingerprint density at radius 3 is 2.69 bits per heavy atom. The number of hydrogen-bond acceptors (Lipinski definition) is 5. The Bertz CT molecular complexity index is 1330. The largest absolute Gasteiger partial charge is 0.494 e. The number of carbonyl (C=O) groups is 3. The first kappa shape index (κ1) is 24.7. The van der Waals surface area contributed by atoms with Crippen molar-refractivity contribution in [3.05, 3.63) is 53.2 Å². The molecule has 3 aromatic rings. The molecule has 4 amide bonds. The van der Waals surface area contributed by atoms with Crippen molar-refractivity contribution in [2.24, 2.45) is 0 Å². The Labute approximate surface area is 205 Å². The summed E-state index contributed by atoms with van der Waals surface area (Å²) >= 11 is 5.54. The molecular formula is C22H18ClF3N4O4S. The average Bonchev–Trinajstić information content (AvgIpc) is 3.09. The lowest BCUT2D eigenvalue weighted by atomic mass is 10.1. The number of nitrogens with one attached hydrogen (secondary N) is 3. The number of benzene rings is 2. The Balaban J connectivity index is 1.40. The Hall–Kier alpha value is -3.38. The summed E-state index contributed by atoms with van der Waals surface area (Å²) < 4.78 is 39.0. The van der Waals surface area contributed by atoms with Gasteiger partial charge in [0.05, 0.1) is 5.02 Å². The van der Waals surface area contributed by atoms with Crippen LogP contribution in [0.1, 0.15) is 24.4 Å². The van der Waals surface area contributed by atoms with E-state index in [1.165, 1.54) is 22.8 Å². The van der Waals surface area contributed by atoms with E-state index in [9.17, 15) is 32.7 Å². The van der Waals surface area contributed by atoms with Crippen LogP contribution in [0.15, 0.2) is 47.5 Å². The highest BCUT2D eigenvalue weighted by molar-refractivity contribution is 8.00. The first-order chi connectivity index (χ1) is 16.5. The minimum atomic E-state index is -4.48. The first-order valence-corrected chi connectivity index (χ1v) is 11.5. The molecule has 4 rings (SSSR count). The number of fused-ring (bicyclic) bond motifs is 1. The number of hydrogen-bond donors (Lipinski definition) is 4. The van der Waals surface area contributed by atoms with E-state index in [2.05, 4.69) is 16.0 Å². The maximum atomic E-state index is 12.5. The molecule has 1 atom stereocenters. The van der Waals surface area contributed by atoms with Crippen molar-refractivity contribution < 1.29 is 32.7 Å². The Kier molecular flexibility index (Phi) is 6.86. The number of amides is 4. The second-order valence-electron chi connectivity index (χ2n) is 7.75. The van der Waals surface area contributed by atoms with Crippen LogP contribution in [0.25, 0.3) is 10.8 Å². The van der Waals surface area contributed by atoms with Gasteiger partial charge in [0.15, 0.2) is 5.88 Å². The minimum Gasteiger partial charge on any atom is -0.494 e. The Morgan fingerprint density at radius 1 is 1.23 bits per heavy atom. The van der Waals surface area contributed by atoms with Gasteiger partial charge in [-0.25, -0.2) is 4.79 Å². The van der Waals surface area contributed by atoms with Crippen LogP contribution in [0, 0.1) is 0 Å². The van der Waals surface area contributed by atoms with Crippen molar-refractivity contribution in [3.63, 3.8) is 0 Å². The summed E-state index contributed by atoms with van der Waals surface area (Å²) in [6.07, 6.45) is 2.05. The number of anilines is 1. The lowest BCUT2D eigenvalue weighted by molar-refractivity contribution is -0.135. The first-order valence-electron chi connectivity index (χ1n) is 10.3. The zero-order chi connectivity index (χ0) is 25.3. The standard InChI is InChI=1S/C22H18ClF3N4O4S/c23-15-8-13(2-5-17(15)35-22(24,25)26)28-21(34)27-9-11-1-3-14-12(7-11)10-30(20(14)33)16-4-6-18(31)29-19(16)32/h1-3,5,7-8,10,16,33H,4,6,9H2,(H2,27,28,34)(H,29,31,32). The van der Waals surface area contributed by atoms with Gasteiger partial charge in [-0.1, -0.05) is 17.7 Å². The molecule has 1 aliphatic heterocycles. The molecule has 0 aliphatic carbocycles. The van der Waals surface area contributed by atoms with Gasteiger partial charge in [-0.15, -0.1) is 0 Å². The highest BCUT2D eigenvalue weighted by Crippen LogP contribution is 2.41. The molecule has 0 spiro atoms. The highest BCUT2D eigenvalue weighted by atomic mass is 35.5. The lowest BCUT2D eigenvalue weighted by Crippen LogP contribution is -2.41. The molecule has 1 aliphatic rings. The smallest absolute Gasteiger partial charge is 0.446 e. The van der Waals surface area contributed by atoms with E-state index in [4.69, 9.17) is 11.6 Å². The maximum Gasteiger partial charge on any atom is 0.446 e. The van der Waals surface area contributed by atoms with Crippen molar-refractivity contribution in [1.29, 1.82) is 0 Å². The number of piperidine rings is 1. The molecule has 1 unspecified atom stereocenters. The number of rotatable bonds is 5. The van der Waals surface area contributed by atoms with Gasteiger partial charge in [-0.2, -0.15) is 13.2 Å². The van der Waals surface area contributed by atoms with Crippen LogP contribution in [0.4, 0.5) is 23.7 Å². The number of thioether (sulfide) groups is 1. The van der Waals surface area contributed by atoms with Crippen LogP contribution in [-0.2, 0) is 16.1 Å². The number of nitrogens with zero attached hydrogens (tertiary/aromatic N) is 1. The van der Waals surface area contributed by atoms with Crippen molar-refractivity contribution in [3.8, 4) is 5.88 Å². The van der Waals surface area contributed by atoms with Gasteiger partial charge in [-0.3, -0.25) is 14.9 Å². The summed E-state index contributed by atoms with van der Waals surface area (Å²) in [5, 5.41) is 18.9. The van der Waals surface area contributed by atoms with Gasteiger partial charge in [0.25, 0.3) is 0 Å². The van der Waals surface area contributed by atoms with E-state index >= 15 is 0 Å². The van der Waals surface area contributed by atoms with Gasteiger partial charge in [0, 0.05) is 40.5 Å². The van der Waals surface area contributed by atoms with Gasteiger partial charge in [0.1, 0.15) is 6.04 Å². The predicted molar refractivity (Wildman–Crippen MR) is 124 cm³/mol. The van der Waals surface area contributed by atoms with E-state index in [1.807, 2.05) is 0 Å². The van der Waals surface area contributed by atoms with E-state index in [1.54, 1.807) is 24.4 Å². The van der Waals surface area contributed by atoms with Crippen molar-refractivity contribution >= 4 is 57.7 Å². The third-order valence-corrected chi connectivity index (χ3v) is 6.53. The topological polar surface area (TPSA) is 112 Å². The minimum absolute atomic E-state index is 0.101. The van der Waals surface area contributed by atoms with Crippen LogP contribution < -0.4 is 16.0 Å². The molecule has 13 heteroatoms. The summed E-state index contributed by atoms with van der Waals surface area (Å²) in [5.41, 5.74) is -3.56. The van der Waals surface area contributed by atoms with Crippen LogP contribution >= 0.6 is 23.4 Å². The van der Waals surface area contributed by atoms with E-state index in [-0.39, 0.29) is 58.5 Å². The summed E-state index contributed by atoms with van der Waals surface area (Å²) in [6, 6.07) is 7.48. The van der Waals surface area contributed by atoms with Crippen molar-refractivity contribution in [2.75, 3.05) is 5.32 Å². The number of halogens is 4. The number of aromatic hydroxyl groups is 1. The third kappa shape index (κ3) is 5.82. The van der Waals surface area contributed by atoms with Crippen molar-refractivity contribution in [2.45, 2.75) is 35.8 Å². The molecule has 0 radical (unpaired) electrons. The number of imide groups is 1. The monoisotopic (exact) mass is 526 g/mol. The van der Waals surface area contributed by atoms with Crippen LogP contribution in [0.3, 0.4) is 0 Å². The van der Waals surface area contributed by atoms with Gasteiger partial charge in [-0.05, 0) is 54.1 Å². The van der Waals surface area contributed by atoms with Crippen molar-refractivity contribution in [1.82, 2.24) is 15.2 Å². The average molecular weight is 527 g/mol. The molecule has 2 heterocycles. The number of urea groups is 1. The van der Waals surface area contributed by atoms with Crippen LogP contribution in [0.5, 0.6) is 5.88 Å². The van der Waals surface area contributed by atoms with E-state index in [0.29, 0.717) is 16.3 Å². The molecule has 4 N–H and O–H groups in total. The fourth-order valence-corrected chi connectivity index (χ4v) is 4.55. The van der Waals surface area contributed by atoms with E-state index in [0.717, 1.165) is 0 Å². The number of aromatic nitrogens is 1. The SMILES string of the molecule is O=C1CCC(n2cc3cc(CNC(=O)Nc4ccc(SC(F)(F)F)c(Cl)c4)ccc3c2O)C(=O)N1. The summed E-state index contributed by atoms with van der Waals surface area (Å²) in [4.78, 5) is 35.6. The fraction of sp³-hybridized carbons (Fsp3) is 0.227. The fourth-order valence-electron chi connectivity index (χ4n) is 3.71. The predicted octanol–water partition coefficient (Wildman–Crippen LogP) is 4.91. The third-order valence-electron chi connectivity index (χ3n) is 5.29. The molecular weight excluding hydrogens is 509 g/mol. The van der Waals surface area contributed by atoms with Gasteiger partial charge in [0.2, 0.25) is 11.8 Å². The van der Waals surface area contributed by atoms with Gasteiger partial charge < -0.3 is 20.3 Å². The molecule has 0 saturated carbocycles. The number of carbonyl (C=O) groups excluding carboxylic acids is 3. The zero-order valence-electron chi connectivity index (χ0n) is 17.8. The Morgan fingerprint density at radius 2 is 2.00 bits per heavy atom.